The highest BCUT2D eigenvalue weighted by molar-refractivity contribution is 7.09. The van der Waals surface area contributed by atoms with Crippen molar-refractivity contribution in [1.82, 2.24) is 4.98 Å². The van der Waals surface area contributed by atoms with E-state index in [1.807, 2.05) is 12.1 Å². The highest BCUT2D eigenvalue weighted by atomic mass is 32.1. The van der Waals surface area contributed by atoms with Crippen molar-refractivity contribution in [2.75, 3.05) is 0 Å². The summed E-state index contributed by atoms with van der Waals surface area (Å²) < 4.78 is 0. The molecule has 1 heterocycles. The van der Waals surface area contributed by atoms with Crippen molar-refractivity contribution < 1.29 is 0 Å². The molecule has 0 amide bonds. The Morgan fingerprint density at radius 1 is 1.25 bits per heavy atom. The Hall–Kier alpha value is -1.67. The lowest BCUT2D eigenvalue weighted by Crippen LogP contribution is -1.86. The van der Waals surface area contributed by atoms with E-state index >= 15 is 0 Å². The summed E-state index contributed by atoms with van der Waals surface area (Å²) in [6.07, 6.45) is 8.61. The number of unbranched alkanes of at least 4 members (excludes halogenated alkanes) is 1. The van der Waals surface area contributed by atoms with E-state index in [4.69, 9.17) is 4.98 Å². The molecule has 0 atom stereocenters. The predicted molar refractivity (Wildman–Crippen MR) is 89.1 cm³/mol. The van der Waals surface area contributed by atoms with Crippen LogP contribution in [0.25, 0.3) is 11.3 Å². The molecule has 1 aromatic carbocycles. The molecule has 104 valence electrons. The molecule has 0 spiro atoms. The second-order valence-corrected chi connectivity index (χ2v) is 5.89. The molecular weight excluding hydrogens is 262 g/mol. The molecule has 0 aliphatic rings. The van der Waals surface area contributed by atoms with Gasteiger partial charge in [-0.25, -0.2) is 4.98 Å². The molecule has 20 heavy (non-hydrogen) atoms. The van der Waals surface area contributed by atoms with Gasteiger partial charge >= 0.3 is 0 Å². The topological polar surface area (TPSA) is 12.9 Å². The molecule has 1 aromatic heterocycles. The van der Waals surface area contributed by atoms with Gasteiger partial charge in [0.1, 0.15) is 0 Å². The van der Waals surface area contributed by atoms with Crippen molar-refractivity contribution in [2.45, 2.75) is 32.6 Å². The van der Waals surface area contributed by atoms with Gasteiger partial charge in [-0.2, -0.15) is 0 Å². The normalized spacial score (nSPS) is 11.6. The van der Waals surface area contributed by atoms with Crippen LogP contribution < -0.4 is 0 Å². The number of aromatic nitrogens is 1. The van der Waals surface area contributed by atoms with Crippen molar-refractivity contribution in [3.05, 3.63) is 65.0 Å². The average Bonchev–Trinajstić information content (AvgIpc) is 2.94. The molecule has 2 rings (SSSR count). The Kier molecular flexibility index (Phi) is 5.75. The lowest BCUT2D eigenvalue weighted by molar-refractivity contribution is 0.727. The lowest BCUT2D eigenvalue weighted by atomic mass is 10.1. The van der Waals surface area contributed by atoms with E-state index in [1.54, 1.807) is 11.3 Å². The molecular formula is C18H21NS. The zero-order valence-electron chi connectivity index (χ0n) is 12.0. The molecule has 2 heteroatoms. The van der Waals surface area contributed by atoms with Crippen LogP contribution in [0.15, 0.2) is 60.0 Å². The minimum absolute atomic E-state index is 1.08. The van der Waals surface area contributed by atoms with Crippen molar-refractivity contribution in [2.24, 2.45) is 0 Å². The molecule has 1 nitrogen and oxygen atoms in total. The van der Waals surface area contributed by atoms with Gasteiger partial charge in [0.15, 0.2) is 0 Å². The standard InChI is InChI=1S/C18H21NS/c1-3-9-15(2)10-7-8-13-18-19-17(14-20-18)16-11-5-4-6-12-16/h3-6,9,11-12,14H,1,7-8,10,13H2,2H3/b15-9+. The fourth-order valence-corrected chi connectivity index (χ4v) is 2.98. The van der Waals surface area contributed by atoms with E-state index in [1.165, 1.54) is 29.0 Å². The summed E-state index contributed by atoms with van der Waals surface area (Å²) in [7, 11) is 0. The number of thiazole rings is 1. The summed E-state index contributed by atoms with van der Waals surface area (Å²) in [5.41, 5.74) is 3.72. The van der Waals surface area contributed by atoms with E-state index in [9.17, 15) is 0 Å². The number of hydrogen-bond acceptors (Lipinski definition) is 2. The summed E-state index contributed by atoms with van der Waals surface area (Å²) in [5, 5.41) is 3.40. The number of nitrogens with zero attached hydrogens (tertiary/aromatic N) is 1. The number of benzene rings is 1. The first-order valence-corrected chi connectivity index (χ1v) is 7.95. The zero-order chi connectivity index (χ0) is 14.2. The first-order valence-electron chi connectivity index (χ1n) is 7.07. The van der Waals surface area contributed by atoms with Crippen LogP contribution in [0.1, 0.15) is 31.2 Å². The first-order chi connectivity index (χ1) is 9.79. The highest BCUT2D eigenvalue weighted by Gasteiger charge is 2.03. The molecule has 0 unspecified atom stereocenters. The van der Waals surface area contributed by atoms with E-state index in [-0.39, 0.29) is 0 Å². The largest absolute Gasteiger partial charge is 0.241 e. The number of rotatable bonds is 7. The Labute approximate surface area is 125 Å². The molecule has 0 radical (unpaired) electrons. The van der Waals surface area contributed by atoms with Crippen LogP contribution in [0.2, 0.25) is 0 Å². The minimum Gasteiger partial charge on any atom is -0.241 e. The van der Waals surface area contributed by atoms with E-state index in [0.29, 0.717) is 0 Å². The van der Waals surface area contributed by atoms with E-state index in [2.05, 4.69) is 49.2 Å². The molecule has 2 aromatic rings. The van der Waals surface area contributed by atoms with Gasteiger partial charge in [0.05, 0.1) is 10.7 Å². The lowest BCUT2D eigenvalue weighted by Gasteiger charge is -1.99. The summed E-state index contributed by atoms with van der Waals surface area (Å²) >= 11 is 1.77. The Morgan fingerprint density at radius 3 is 2.80 bits per heavy atom. The number of hydrogen-bond donors (Lipinski definition) is 0. The molecule has 0 aliphatic carbocycles. The van der Waals surface area contributed by atoms with Crippen LogP contribution in [0.5, 0.6) is 0 Å². The quantitative estimate of drug-likeness (QED) is 0.472. The van der Waals surface area contributed by atoms with Gasteiger partial charge in [0.25, 0.3) is 0 Å². The second-order valence-electron chi connectivity index (χ2n) is 4.95. The second kappa shape index (κ2) is 7.81. The third-order valence-corrected chi connectivity index (χ3v) is 4.14. The number of aryl methyl sites for hydroxylation is 1. The number of allylic oxidation sites excluding steroid dienone is 3. The zero-order valence-corrected chi connectivity index (χ0v) is 12.8. The summed E-state index contributed by atoms with van der Waals surface area (Å²) in [4.78, 5) is 4.72. The van der Waals surface area contributed by atoms with Gasteiger partial charge < -0.3 is 0 Å². The summed E-state index contributed by atoms with van der Waals surface area (Å²) in [6, 6.07) is 10.4. The molecule has 0 N–H and O–H groups in total. The van der Waals surface area contributed by atoms with Gasteiger partial charge in [-0.1, -0.05) is 54.6 Å². The smallest absolute Gasteiger partial charge is 0.0932 e. The van der Waals surface area contributed by atoms with Crippen LogP contribution in [-0.2, 0) is 6.42 Å². The highest BCUT2D eigenvalue weighted by Crippen LogP contribution is 2.22. The fourth-order valence-electron chi connectivity index (χ4n) is 2.13. The maximum absolute atomic E-state index is 4.72. The van der Waals surface area contributed by atoms with Gasteiger partial charge in [-0.05, 0) is 32.6 Å². The molecule has 0 bridgehead atoms. The van der Waals surface area contributed by atoms with Crippen LogP contribution in [0.3, 0.4) is 0 Å². The van der Waals surface area contributed by atoms with Gasteiger partial charge in [0.2, 0.25) is 0 Å². The van der Waals surface area contributed by atoms with E-state index in [0.717, 1.165) is 18.5 Å². The van der Waals surface area contributed by atoms with Crippen LogP contribution in [0.4, 0.5) is 0 Å². The van der Waals surface area contributed by atoms with Gasteiger partial charge in [-0.3, -0.25) is 0 Å². The Balaban J connectivity index is 1.82. The van der Waals surface area contributed by atoms with Crippen molar-refractivity contribution in [3.63, 3.8) is 0 Å². The summed E-state index contributed by atoms with van der Waals surface area (Å²) in [5.74, 6) is 0. The Morgan fingerprint density at radius 2 is 2.05 bits per heavy atom. The van der Waals surface area contributed by atoms with Gasteiger partial charge in [0, 0.05) is 10.9 Å². The van der Waals surface area contributed by atoms with Crippen molar-refractivity contribution in [3.8, 4) is 11.3 Å². The van der Waals surface area contributed by atoms with Crippen molar-refractivity contribution >= 4 is 11.3 Å². The van der Waals surface area contributed by atoms with Crippen molar-refractivity contribution in [1.29, 1.82) is 0 Å². The maximum atomic E-state index is 4.72. The predicted octanol–water partition coefficient (Wildman–Crippen LogP) is 5.66. The van der Waals surface area contributed by atoms with Crippen LogP contribution >= 0.6 is 11.3 Å². The van der Waals surface area contributed by atoms with Crippen LogP contribution in [-0.4, -0.2) is 4.98 Å². The molecule has 0 fully saturated rings. The third kappa shape index (κ3) is 4.46. The summed E-state index contributed by atoms with van der Waals surface area (Å²) in [6.45, 7) is 5.89. The van der Waals surface area contributed by atoms with Crippen LogP contribution in [0, 0.1) is 0 Å². The van der Waals surface area contributed by atoms with Gasteiger partial charge in [-0.15, -0.1) is 11.3 Å². The SMILES string of the molecule is C=C/C=C(\C)CCCCc1nc(-c2ccccc2)cs1. The van der Waals surface area contributed by atoms with E-state index < -0.39 is 0 Å². The molecule has 0 aliphatic heterocycles. The Bertz CT molecular complexity index is 566. The third-order valence-electron chi connectivity index (χ3n) is 3.24. The molecule has 0 saturated carbocycles. The molecule has 0 saturated heterocycles. The fraction of sp³-hybridized carbons (Fsp3) is 0.278. The first kappa shape index (κ1) is 14.7. The maximum Gasteiger partial charge on any atom is 0.0932 e. The average molecular weight is 283 g/mol. The minimum atomic E-state index is 1.08. The monoisotopic (exact) mass is 283 g/mol.